The molecule has 0 radical (unpaired) electrons. The van der Waals surface area contributed by atoms with Crippen LogP contribution in [0.3, 0.4) is 0 Å². The number of hydrogen-bond donors (Lipinski definition) is 2. The average Bonchev–Trinajstić information content (AvgIpc) is 2.77. The number of carbonyl (C=O) groups is 1. The summed E-state index contributed by atoms with van der Waals surface area (Å²) in [6, 6.07) is 3.50. The van der Waals surface area contributed by atoms with E-state index in [1.807, 2.05) is 6.92 Å². The Labute approximate surface area is 114 Å². The lowest BCUT2D eigenvalue weighted by Gasteiger charge is -2.01. The van der Waals surface area contributed by atoms with E-state index in [0.717, 1.165) is 4.70 Å². The fraction of sp³-hybridized carbons (Fsp3) is 0.333. The second kappa shape index (κ2) is 5.85. The van der Waals surface area contributed by atoms with E-state index in [1.54, 1.807) is 19.2 Å². The maximum atomic E-state index is 11.5. The molecule has 1 heterocycles. The molecule has 0 saturated heterocycles. The van der Waals surface area contributed by atoms with Crippen LogP contribution in [0.25, 0.3) is 10.2 Å². The Morgan fingerprint density at radius 1 is 1.53 bits per heavy atom. The van der Waals surface area contributed by atoms with Crippen molar-refractivity contribution in [2.45, 2.75) is 6.92 Å². The number of methoxy groups -OCH3 is 1. The molecule has 6 nitrogen and oxygen atoms in total. The van der Waals surface area contributed by atoms with E-state index in [2.05, 4.69) is 10.3 Å². The van der Waals surface area contributed by atoms with Crippen LogP contribution in [-0.4, -0.2) is 31.2 Å². The Kier molecular flexibility index (Phi) is 4.18. The van der Waals surface area contributed by atoms with E-state index in [-0.39, 0.29) is 12.5 Å². The van der Waals surface area contributed by atoms with Gasteiger partial charge in [-0.3, -0.25) is 10.1 Å². The molecule has 7 heteroatoms. The van der Waals surface area contributed by atoms with E-state index in [1.165, 1.54) is 11.3 Å². The number of ether oxygens (including phenoxy) is 2. The van der Waals surface area contributed by atoms with Crippen LogP contribution in [0.15, 0.2) is 12.1 Å². The predicted molar refractivity (Wildman–Crippen MR) is 75.7 cm³/mol. The highest BCUT2D eigenvalue weighted by Crippen LogP contribution is 2.34. The molecule has 0 spiro atoms. The quantitative estimate of drug-likeness (QED) is 0.817. The summed E-state index contributed by atoms with van der Waals surface area (Å²) in [5.41, 5.74) is 7.05. The summed E-state index contributed by atoms with van der Waals surface area (Å²) in [5.74, 6) is 0.365. The third-order valence-corrected chi connectivity index (χ3v) is 3.30. The molecule has 1 aromatic heterocycles. The SMILES string of the molecule is CCOCC(=O)Nc1nc2c(OC)cc(N)cc2s1. The van der Waals surface area contributed by atoms with Crippen molar-refractivity contribution in [1.29, 1.82) is 0 Å². The van der Waals surface area contributed by atoms with Gasteiger partial charge in [0, 0.05) is 18.4 Å². The maximum absolute atomic E-state index is 11.5. The van der Waals surface area contributed by atoms with Crippen LogP contribution >= 0.6 is 11.3 Å². The first-order valence-corrected chi connectivity index (χ1v) is 6.57. The van der Waals surface area contributed by atoms with E-state index >= 15 is 0 Å². The Bertz CT molecular complexity index is 597. The first-order valence-electron chi connectivity index (χ1n) is 5.75. The summed E-state index contributed by atoms with van der Waals surface area (Å²) >= 11 is 1.34. The van der Waals surface area contributed by atoms with E-state index in [4.69, 9.17) is 15.2 Å². The molecule has 19 heavy (non-hydrogen) atoms. The van der Waals surface area contributed by atoms with Crippen LogP contribution in [0.1, 0.15) is 6.92 Å². The van der Waals surface area contributed by atoms with Crippen LogP contribution < -0.4 is 15.8 Å². The molecule has 0 bridgehead atoms. The lowest BCUT2D eigenvalue weighted by Crippen LogP contribution is -2.17. The number of nitrogens with two attached hydrogens (primary N) is 1. The highest BCUT2D eigenvalue weighted by Gasteiger charge is 2.12. The summed E-state index contributed by atoms with van der Waals surface area (Å²) in [5, 5.41) is 3.19. The Balaban J connectivity index is 2.24. The van der Waals surface area contributed by atoms with Crippen molar-refractivity contribution in [1.82, 2.24) is 4.98 Å². The zero-order valence-electron chi connectivity index (χ0n) is 10.7. The third-order valence-electron chi connectivity index (χ3n) is 2.39. The number of nitrogens with one attached hydrogen (secondary N) is 1. The first-order chi connectivity index (χ1) is 9.13. The fourth-order valence-electron chi connectivity index (χ4n) is 1.58. The van der Waals surface area contributed by atoms with Gasteiger partial charge in [0.05, 0.1) is 11.8 Å². The van der Waals surface area contributed by atoms with Gasteiger partial charge in [0.1, 0.15) is 17.9 Å². The summed E-state index contributed by atoms with van der Waals surface area (Å²) in [6.45, 7) is 2.35. The number of fused-ring (bicyclic) bond motifs is 1. The summed E-state index contributed by atoms with van der Waals surface area (Å²) < 4.78 is 11.1. The molecule has 0 unspecified atom stereocenters. The Hall–Kier alpha value is -1.86. The monoisotopic (exact) mass is 281 g/mol. The molecular formula is C12H15N3O3S. The van der Waals surface area contributed by atoms with E-state index in [9.17, 15) is 4.79 Å². The minimum absolute atomic E-state index is 0.0195. The minimum Gasteiger partial charge on any atom is -0.494 e. The van der Waals surface area contributed by atoms with Crippen molar-refractivity contribution in [3.63, 3.8) is 0 Å². The van der Waals surface area contributed by atoms with Gasteiger partial charge in [0.25, 0.3) is 5.91 Å². The molecule has 0 aliphatic rings. The van der Waals surface area contributed by atoms with Gasteiger partial charge in [-0.2, -0.15) is 0 Å². The average molecular weight is 281 g/mol. The summed E-state index contributed by atoms with van der Waals surface area (Å²) in [6.07, 6.45) is 0. The minimum atomic E-state index is -0.229. The topological polar surface area (TPSA) is 86.5 Å². The second-order valence-corrected chi connectivity index (χ2v) is 4.80. The lowest BCUT2D eigenvalue weighted by molar-refractivity contribution is -0.120. The zero-order chi connectivity index (χ0) is 13.8. The van der Waals surface area contributed by atoms with Crippen LogP contribution in [0, 0.1) is 0 Å². The molecule has 1 aromatic carbocycles. The van der Waals surface area contributed by atoms with E-state index < -0.39 is 0 Å². The molecule has 102 valence electrons. The number of carbonyl (C=O) groups excluding carboxylic acids is 1. The van der Waals surface area contributed by atoms with Gasteiger partial charge >= 0.3 is 0 Å². The van der Waals surface area contributed by atoms with Gasteiger partial charge in [-0.25, -0.2) is 4.98 Å². The van der Waals surface area contributed by atoms with Gasteiger partial charge in [-0.15, -0.1) is 0 Å². The van der Waals surface area contributed by atoms with Crippen molar-refractivity contribution >= 4 is 38.3 Å². The van der Waals surface area contributed by atoms with Crippen LogP contribution in [0.2, 0.25) is 0 Å². The molecule has 0 atom stereocenters. The second-order valence-electron chi connectivity index (χ2n) is 3.77. The lowest BCUT2D eigenvalue weighted by atomic mass is 10.3. The summed E-state index contributed by atoms with van der Waals surface area (Å²) in [7, 11) is 1.56. The molecule has 1 amide bonds. The molecule has 3 N–H and O–H groups in total. The van der Waals surface area contributed by atoms with E-state index in [0.29, 0.717) is 28.7 Å². The van der Waals surface area contributed by atoms with Crippen LogP contribution in [0.4, 0.5) is 10.8 Å². The number of benzene rings is 1. The molecular weight excluding hydrogens is 266 g/mol. The fourth-order valence-corrected chi connectivity index (χ4v) is 2.53. The Morgan fingerprint density at radius 2 is 2.32 bits per heavy atom. The molecule has 0 saturated carbocycles. The highest BCUT2D eigenvalue weighted by molar-refractivity contribution is 7.22. The molecule has 0 fully saturated rings. The number of anilines is 2. The van der Waals surface area contributed by atoms with Crippen LogP contribution in [-0.2, 0) is 9.53 Å². The maximum Gasteiger partial charge on any atom is 0.252 e. The van der Waals surface area contributed by atoms with Crippen LogP contribution in [0.5, 0.6) is 5.75 Å². The largest absolute Gasteiger partial charge is 0.494 e. The number of amides is 1. The molecule has 2 aromatic rings. The smallest absolute Gasteiger partial charge is 0.252 e. The van der Waals surface area contributed by atoms with Crippen molar-refractivity contribution in [2.75, 3.05) is 31.4 Å². The molecule has 2 rings (SSSR count). The predicted octanol–water partition coefficient (Wildman–Crippen LogP) is 1.86. The third kappa shape index (κ3) is 3.12. The van der Waals surface area contributed by atoms with Crippen molar-refractivity contribution in [2.24, 2.45) is 0 Å². The number of nitrogens with zero attached hydrogens (tertiary/aromatic N) is 1. The Morgan fingerprint density at radius 3 is 3.00 bits per heavy atom. The van der Waals surface area contributed by atoms with Gasteiger partial charge in [-0.05, 0) is 13.0 Å². The van der Waals surface area contributed by atoms with Gasteiger partial charge < -0.3 is 15.2 Å². The number of nitrogen functional groups attached to an aromatic ring is 1. The number of rotatable bonds is 5. The molecule has 0 aliphatic heterocycles. The van der Waals surface area contributed by atoms with Crippen molar-refractivity contribution in [3.05, 3.63) is 12.1 Å². The normalized spacial score (nSPS) is 10.6. The number of aromatic nitrogens is 1. The van der Waals surface area contributed by atoms with Crippen molar-refractivity contribution in [3.8, 4) is 5.75 Å². The van der Waals surface area contributed by atoms with Gasteiger partial charge in [0.2, 0.25) is 0 Å². The number of thiazole rings is 1. The molecule has 0 aliphatic carbocycles. The summed E-state index contributed by atoms with van der Waals surface area (Å²) in [4.78, 5) is 15.9. The standard InChI is InChI=1S/C12H15N3O3S/c1-3-18-6-10(16)14-12-15-11-8(17-2)4-7(13)5-9(11)19-12/h4-5H,3,6,13H2,1-2H3,(H,14,15,16). The van der Waals surface area contributed by atoms with Gasteiger partial charge in [0.15, 0.2) is 5.13 Å². The first kappa shape index (κ1) is 13.6. The highest BCUT2D eigenvalue weighted by atomic mass is 32.1. The zero-order valence-corrected chi connectivity index (χ0v) is 11.5. The van der Waals surface area contributed by atoms with Crippen molar-refractivity contribution < 1.29 is 14.3 Å². The number of hydrogen-bond acceptors (Lipinski definition) is 6. The van der Waals surface area contributed by atoms with Gasteiger partial charge in [-0.1, -0.05) is 11.3 Å².